The first-order valence-electron chi connectivity index (χ1n) is 8.05. The quantitative estimate of drug-likeness (QED) is 0.733. The molecule has 128 valence electrons. The average molecular weight is 352 g/mol. The van der Waals surface area contributed by atoms with Gasteiger partial charge in [0, 0.05) is 43.5 Å². The maximum atomic E-state index is 12.3. The summed E-state index contributed by atoms with van der Waals surface area (Å²) in [5.41, 5.74) is 2.47. The number of hydrogen-bond donors (Lipinski definition) is 1. The molecule has 2 heterocycles. The monoisotopic (exact) mass is 352 g/mol. The van der Waals surface area contributed by atoms with E-state index < -0.39 is 0 Å². The zero-order chi connectivity index (χ0) is 17.6. The summed E-state index contributed by atoms with van der Waals surface area (Å²) in [4.78, 5) is 23.0. The van der Waals surface area contributed by atoms with Crippen molar-refractivity contribution in [3.8, 4) is 0 Å². The lowest BCUT2D eigenvalue weighted by atomic mass is 10.2. The molecular formula is C19H20N4OS. The van der Waals surface area contributed by atoms with Crippen LogP contribution in [0, 0.1) is 6.92 Å². The number of benzene rings is 1. The number of pyridine rings is 1. The van der Waals surface area contributed by atoms with Gasteiger partial charge in [-0.1, -0.05) is 17.7 Å². The number of hydrogen-bond acceptors (Lipinski definition) is 5. The lowest BCUT2D eigenvalue weighted by Crippen LogP contribution is -2.21. The Morgan fingerprint density at radius 1 is 1.16 bits per heavy atom. The van der Waals surface area contributed by atoms with Crippen LogP contribution in [0.15, 0.2) is 54.2 Å². The number of aromatic nitrogens is 2. The van der Waals surface area contributed by atoms with Crippen molar-refractivity contribution in [2.45, 2.75) is 13.3 Å². The molecule has 0 unspecified atom stereocenters. The highest BCUT2D eigenvalue weighted by molar-refractivity contribution is 7.09. The number of carbonyl (C=O) groups excluding carboxylic acids is 1. The van der Waals surface area contributed by atoms with Crippen molar-refractivity contribution in [2.24, 2.45) is 0 Å². The summed E-state index contributed by atoms with van der Waals surface area (Å²) >= 11 is 1.66. The summed E-state index contributed by atoms with van der Waals surface area (Å²) in [5.74, 6) is 0.678. The Balaban J connectivity index is 1.58. The largest absolute Gasteiger partial charge is 0.359 e. The number of anilines is 2. The van der Waals surface area contributed by atoms with Gasteiger partial charge < -0.3 is 10.2 Å². The van der Waals surface area contributed by atoms with Gasteiger partial charge in [-0.05, 0) is 31.2 Å². The predicted octanol–water partition coefficient (Wildman–Crippen LogP) is 3.78. The molecule has 0 atom stereocenters. The maximum Gasteiger partial charge on any atom is 0.257 e. The summed E-state index contributed by atoms with van der Waals surface area (Å²) < 4.78 is 0. The molecule has 1 amide bonds. The van der Waals surface area contributed by atoms with E-state index in [9.17, 15) is 4.79 Å². The van der Waals surface area contributed by atoms with E-state index in [4.69, 9.17) is 0 Å². The SMILES string of the molecule is Cc1ccc(NC(=O)c2ccc(N(C)CCc3nccs3)nc2)cc1. The number of carbonyl (C=O) groups is 1. The van der Waals surface area contributed by atoms with E-state index in [-0.39, 0.29) is 5.91 Å². The standard InChI is InChI=1S/C19H20N4OS/c1-14-3-6-16(7-4-14)22-19(24)15-5-8-17(21-13-15)23(2)11-9-18-20-10-12-25-18/h3-8,10,12-13H,9,11H2,1-2H3,(H,22,24). The highest BCUT2D eigenvalue weighted by Gasteiger charge is 2.09. The zero-order valence-corrected chi connectivity index (χ0v) is 15.1. The molecule has 25 heavy (non-hydrogen) atoms. The van der Waals surface area contributed by atoms with Gasteiger partial charge in [-0.15, -0.1) is 11.3 Å². The summed E-state index contributed by atoms with van der Waals surface area (Å²) in [6.45, 7) is 2.84. The molecule has 1 aromatic carbocycles. The summed E-state index contributed by atoms with van der Waals surface area (Å²) in [6, 6.07) is 11.4. The topological polar surface area (TPSA) is 58.1 Å². The third-order valence-electron chi connectivity index (χ3n) is 3.86. The predicted molar refractivity (Wildman–Crippen MR) is 102 cm³/mol. The van der Waals surface area contributed by atoms with Crippen molar-refractivity contribution in [1.29, 1.82) is 0 Å². The van der Waals surface area contributed by atoms with Gasteiger partial charge in [-0.25, -0.2) is 9.97 Å². The second-order valence-electron chi connectivity index (χ2n) is 5.82. The molecular weight excluding hydrogens is 332 g/mol. The minimum atomic E-state index is -0.159. The van der Waals surface area contributed by atoms with Crippen LogP contribution < -0.4 is 10.2 Å². The molecule has 0 spiro atoms. The number of amides is 1. The van der Waals surface area contributed by atoms with E-state index in [0.717, 1.165) is 35.0 Å². The van der Waals surface area contributed by atoms with Crippen LogP contribution in [0.2, 0.25) is 0 Å². The van der Waals surface area contributed by atoms with E-state index in [1.165, 1.54) is 0 Å². The number of rotatable bonds is 6. The molecule has 5 nitrogen and oxygen atoms in total. The van der Waals surface area contributed by atoms with Gasteiger partial charge in [0.15, 0.2) is 0 Å². The Morgan fingerprint density at radius 2 is 1.96 bits per heavy atom. The number of nitrogens with one attached hydrogen (secondary N) is 1. The van der Waals surface area contributed by atoms with E-state index in [1.54, 1.807) is 23.6 Å². The highest BCUT2D eigenvalue weighted by Crippen LogP contribution is 2.14. The van der Waals surface area contributed by atoms with Gasteiger partial charge in [-0.2, -0.15) is 0 Å². The molecule has 0 saturated carbocycles. The zero-order valence-electron chi connectivity index (χ0n) is 14.3. The number of thiazole rings is 1. The van der Waals surface area contributed by atoms with Crippen molar-refractivity contribution < 1.29 is 4.79 Å². The minimum absolute atomic E-state index is 0.159. The number of likely N-dealkylation sites (N-methyl/N-ethyl adjacent to an activating group) is 1. The fourth-order valence-corrected chi connectivity index (χ4v) is 2.95. The third kappa shape index (κ3) is 4.64. The van der Waals surface area contributed by atoms with Crippen LogP contribution in [0.4, 0.5) is 11.5 Å². The summed E-state index contributed by atoms with van der Waals surface area (Å²) in [7, 11) is 1.99. The van der Waals surface area contributed by atoms with Crippen LogP contribution in [0.1, 0.15) is 20.9 Å². The molecule has 2 aromatic heterocycles. The molecule has 0 fully saturated rings. The molecule has 0 saturated heterocycles. The Bertz CT molecular complexity index is 814. The normalized spacial score (nSPS) is 10.5. The molecule has 3 rings (SSSR count). The van der Waals surface area contributed by atoms with E-state index in [1.807, 2.05) is 55.9 Å². The minimum Gasteiger partial charge on any atom is -0.359 e. The van der Waals surface area contributed by atoms with Crippen LogP contribution >= 0.6 is 11.3 Å². The number of nitrogens with zero attached hydrogens (tertiary/aromatic N) is 3. The molecule has 0 aliphatic carbocycles. The maximum absolute atomic E-state index is 12.3. The van der Waals surface area contributed by atoms with E-state index >= 15 is 0 Å². The van der Waals surface area contributed by atoms with Gasteiger partial charge in [0.2, 0.25) is 0 Å². The molecule has 1 N–H and O–H groups in total. The first-order chi connectivity index (χ1) is 12.1. The molecule has 3 aromatic rings. The average Bonchev–Trinajstić information content (AvgIpc) is 3.15. The van der Waals surface area contributed by atoms with Gasteiger partial charge in [0.25, 0.3) is 5.91 Å². The highest BCUT2D eigenvalue weighted by atomic mass is 32.1. The van der Waals surface area contributed by atoms with E-state index in [0.29, 0.717) is 5.56 Å². The van der Waals surface area contributed by atoms with Crippen LogP contribution in [0.3, 0.4) is 0 Å². The van der Waals surface area contributed by atoms with Crippen molar-refractivity contribution in [3.63, 3.8) is 0 Å². The van der Waals surface area contributed by atoms with Crippen LogP contribution in [-0.4, -0.2) is 29.5 Å². The Labute approximate surface area is 151 Å². The van der Waals surface area contributed by atoms with Gasteiger partial charge in [-0.3, -0.25) is 4.79 Å². The molecule has 0 aliphatic rings. The van der Waals surface area contributed by atoms with Crippen molar-refractivity contribution in [3.05, 3.63) is 70.3 Å². The van der Waals surface area contributed by atoms with Crippen molar-refractivity contribution in [1.82, 2.24) is 9.97 Å². The first kappa shape index (κ1) is 17.1. The molecule has 0 aliphatic heterocycles. The van der Waals surface area contributed by atoms with Crippen LogP contribution in [-0.2, 0) is 6.42 Å². The fourth-order valence-electron chi connectivity index (χ4n) is 2.34. The second kappa shape index (κ2) is 7.90. The third-order valence-corrected chi connectivity index (χ3v) is 4.69. The number of aryl methyl sites for hydroxylation is 1. The van der Waals surface area contributed by atoms with Crippen LogP contribution in [0.5, 0.6) is 0 Å². The Hall–Kier alpha value is -2.73. The Kier molecular flexibility index (Phi) is 5.40. The fraction of sp³-hybridized carbons (Fsp3) is 0.211. The van der Waals surface area contributed by atoms with Crippen molar-refractivity contribution in [2.75, 3.05) is 23.8 Å². The second-order valence-corrected chi connectivity index (χ2v) is 6.80. The summed E-state index contributed by atoms with van der Waals surface area (Å²) in [6.07, 6.45) is 4.31. The first-order valence-corrected chi connectivity index (χ1v) is 8.93. The smallest absolute Gasteiger partial charge is 0.257 e. The van der Waals surface area contributed by atoms with Gasteiger partial charge in [0.05, 0.1) is 10.6 Å². The van der Waals surface area contributed by atoms with Crippen molar-refractivity contribution >= 4 is 28.7 Å². The lowest BCUT2D eigenvalue weighted by Gasteiger charge is -2.17. The summed E-state index contributed by atoms with van der Waals surface area (Å²) in [5, 5.41) is 5.97. The Morgan fingerprint density at radius 3 is 2.60 bits per heavy atom. The lowest BCUT2D eigenvalue weighted by molar-refractivity contribution is 0.102. The molecule has 0 radical (unpaired) electrons. The van der Waals surface area contributed by atoms with Gasteiger partial charge in [0.1, 0.15) is 5.82 Å². The molecule has 6 heteroatoms. The van der Waals surface area contributed by atoms with E-state index in [2.05, 4.69) is 20.2 Å². The molecule has 0 bridgehead atoms. The van der Waals surface area contributed by atoms with Crippen LogP contribution in [0.25, 0.3) is 0 Å². The van der Waals surface area contributed by atoms with Gasteiger partial charge >= 0.3 is 0 Å².